The van der Waals surface area contributed by atoms with Crippen LogP contribution in [0.4, 0.5) is 0 Å². The first kappa shape index (κ1) is 21.7. The zero-order valence-electron chi connectivity index (χ0n) is 15.1. The number of hydrogen-bond acceptors (Lipinski definition) is 7. The second kappa shape index (κ2) is 10.1. The van der Waals surface area contributed by atoms with E-state index in [1.165, 1.54) is 17.4 Å². The van der Waals surface area contributed by atoms with Gasteiger partial charge in [0.2, 0.25) is 17.7 Å². The summed E-state index contributed by atoms with van der Waals surface area (Å²) in [4.78, 5) is 56.5. The Kier molecular flexibility index (Phi) is 7.81. The number of aromatic amines is 1. The highest BCUT2D eigenvalue weighted by atomic mass is 32.1. The molecule has 0 saturated carbocycles. The molecule has 2 heterocycles. The molecular weight excluding hydrogens is 388 g/mol. The fraction of sp³-hybridized carbons (Fsp3) is 0.562. The molecule has 11 nitrogen and oxygen atoms in total. The zero-order valence-corrected chi connectivity index (χ0v) is 16.0. The number of aliphatic carboxylic acids is 1. The van der Waals surface area contributed by atoms with Crippen LogP contribution in [0.2, 0.25) is 0 Å². The number of likely N-dealkylation sites (tertiary alicyclic amines) is 1. The van der Waals surface area contributed by atoms with Crippen LogP contribution in [0.1, 0.15) is 18.5 Å². The van der Waals surface area contributed by atoms with Crippen molar-refractivity contribution < 1.29 is 24.3 Å². The molecule has 0 aliphatic carbocycles. The Morgan fingerprint density at radius 2 is 2.11 bits per heavy atom. The Morgan fingerprint density at radius 3 is 2.68 bits per heavy atom. The number of carbonyl (C=O) groups excluding carboxylic acids is 3. The maximum atomic E-state index is 12.7. The van der Waals surface area contributed by atoms with Gasteiger partial charge in [-0.25, -0.2) is 9.78 Å². The number of amides is 3. The summed E-state index contributed by atoms with van der Waals surface area (Å²) in [5, 5.41) is 14.1. The number of aromatic nitrogens is 2. The molecule has 1 aliphatic rings. The summed E-state index contributed by atoms with van der Waals surface area (Å²) in [6, 6.07) is -2.96. The zero-order chi connectivity index (χ0) is 20.7. The number of imidazole rings is 1. The number of hydrogen-bond donors (Lipinski definition) is 6. The molecule has 6 N–H and O–H groups in total. The normalized spacial score (nSPS) is 18.4. The second-order valence-electron chi connectivity index (χ2n) is 6.37. The SMILES string of the molecule is NCC(=O)N1CCCC1C(=O)NC(Cc1cnc[nH]1)C(=O)NC(CS)C(=O)O. The van der Waals surface area contributed by atoms with Crippen LogP contribution in [0.3, 0.4) is 0 Å². The van der Waals surface area contributed by atoms with E-state index in [-0.39, 0.29) is 24.6 Å². The molecule has 154 valence electrons. The Labute approximate surface area is 166 Å². The van der Waals surface area contributed by atoms with Crippen molar-refractivity contribution in [2.45, 2.75) is 37.4 Å². The van der Waals surface area contributed by atoms with Gasteiger partial charge >= 0.3 is 5.97 Å². The number of carboxylic acid groups (broad SMARTS) is 1. The van der Waals surface area contributed by atoms with E-state index in [4.69, 9.17) is 10.8 Å². The average Bonchev–Trinajstić information content (AvgIpc) is 3.36. The van der Waals surface area contributed by atoms with Crippen LogP contribution in [0.15, 0.2) is 12.5 Å². The van der Waals surface area contributed by atoms with Gasteiger partial charge < -0.3 is 31.4 Å². The molecule has 12 heteroatoms. The summed E-state index contributed by atoms with van der Waals surface area (Å²) >= 11 is 3.92. The minimum absolute atomic E-state index is 0.0774. The number of carbonyl (C=O) groups is 4. The van der Waals surface area contributed by atoms with Gasteiger partial charge in [0.25, 0.3) is 0 Å². The fourth-order valence-electron chi connectivity index (χ4n) is 3.01. The van der Waals surface area contributed by atoms with Crippen LogP contribution in [0.25, 0.3) is 0 Å². The number of thiol groups is 1. The summed E-state index contributed by atoms with van der Waals surface area (Å²) in [6.45, 7) is 0.219. The number of nitrogens with zero attached hydrogens (tertiary/aromatic N) is 2. The quantitative estimate of drug-likeness (QED) is 0.252. The van der Waals surface area contributed by atoms with Gasteiger partial charge in [0.1, 0.15) is 18.1 Å². The number of rotatable bonds is 9. The molecule has 1 aromatic heterocycles. The molecule has 3 amide bonds. The molecule has 0 aromatic carbocycles. The van der Waals surface area contributed by atoms with E-state index in [9.17, 15) is 19.2 Å². The van der Waals surface area contributed by atoms with Crippen molar-refractivity contribution in [2.24, 2.45) is 5.73 Å². The molecule has 3 atom stereocenters. The fourth-order valence-corrected chi connectivity index (χ4v) is 3.25. The third kappa shape index (κ3) is 5.45. The minimum Gasteiger partial charge on any atom is -0.480 e. The van der Waals surface area contributed by atoms with Gasteiger partial charge in [-0.3, -0.25) is 14.4 Å². The van der Waals surface area contributed by atoms with E-state index >= 15 is 0 Å². The highest BCUT2D eigenvalue weighted by Crippen LogP contribution is 2.17. The lowest BCUT2D eigenvalue weighted by Crippen LogP contribution is -2.56. The van der Waals surface area contributed by atoms with Crippen molar-refractivity contribution in [3.8, 4) is 0 Å². The molecule has 2 rings (SSSR count). The summed E-state index contributed by atoms with van der Waals surface area (Å²) < 4.78 is 0. The monoisotopic (exact) mass is 412 g/mol. The van der Waals surface area contributed by atoms with Crippen molar-refractivity contribution in [1.29, 1.82) is 0 Å². The smallest absolute Gasteiger partial charge is 0.327 e. The summed E-state index contributed by atoms with van der Waals surface area (Å²) in [5.74, 6) is -2.83. The molecule has 0 radical (unpaired) electrons. The van der Waals surface area contributed by atoms with Crippen molar-refractivity contribution in [3.05, 3.63) is 18.2 Å². The molecule has 28 heavy (non-hydrogen) atoms. The lowest BCUT2D eigenvalue weighted by molar-refractivity contribution is -0.142. The van der Waals surface area contributed by atoms with Crippen LogP contribution in [-0.4, -0.2) is 80.6 Å². The number of nitrogens with one attached hydrogen (secondary N) is 3. The van der Waals surface area contributed by atoms with E-state index in [1.807, 2.05) is 0 Å². The lowest BCUT2D eigenvalue weighted by atomic mass is 10.1. The highest BCUT2D eigenvalue weighted by molar-refractivity contribution is 7.80. The van der Waals surface area contributed by atoms with Crippen LogP contribution >= 0.6 is 12.6 Å². The third-order valence-electron chi connectivity index (χ3n) is 4.46. The Balaban J connectivity index is 2.12. The molecule has 1 aliphatic heterocycles. The first-order valence-corrected chi connectivity index (χ1v) is 9.41. The van der Waals surface area contributed by atoms with Crippen molar-refractivity contribution in [1.82, 2.24) is 25.5 Å². The van der Waals surface area contributed by atoms with E-state index < -0.39 is 35.9 Å². The van der Waals surface area contributed by atoms with Crippen molar-refractivity contribution >= 4 is 36.3 Å². The Bertz CT molecular complexity index is 712. The van der Waals surface area contributed by atoms with Gasteiger partial charge in [-0.1, -0.05) is 0 Å². The van der Waals surface area contributed by atoms with Crippen LogP contribution < -0.4 is 16.4 Å². The molecular formula is C16H24N6O5S. The highest BCUT2D eigenvalue weighted by Gasteiger charge is 2.36. The van der Waals surface area contributed by atoms with Gasteiger partial charge in [0.05, 0.1) is 12.9 Å². The van der Waals surface area contributed by atoms with Gasteiger partial charge in [0, 0.05) is 30.6 Å². The maximum absolute atomic E-state index is 12.7. The number of carboxylic acids is 1. The first-order chi connectivity index (χ1) is 13.4. The first-order valence-electron chi connectivity index (χ1n) is 8.78. The maximum Gasteiger partial charge on any atom is 0.327 e. The van der Waals surface area contributed by atoms with Gasteiger partial charge in [-0.15, -0.1) is 0 Å². The topological polar surface area (TPSA) is 171 Å². The third-order valence-corrected chi connectivity index (χ3v) is 4.82. The molecule has 0 spiro atoms. The molecule has 1 saturated heterocycles. The van der Waals surface area contributed by atoms with E-state index in [1.54, 1.807) is 0 Å². The molecule has 1 fully saturated rings. The predicted octanol–water partition coefficient (Wildman–Crippen LogP) is -2.11. The molecule has 3 unspecified atom stereocenters. The Morgan fingerprint density at radius 1 is 1.36 bits per heavy atom. The summed E-state index contributed by atoms with van der Waals surface area (Å²) in [7, 11) is 0. The second-order valence-corrected chi connectivity index (χ2v) is 6.74. The minimum atomic E-state index is -1.23. The van der Waals surface area contributed by atoms with Gasteiger partial charge in [0.15, 0.2) is 0 Å². The van der Waals surface area contributed by atoms with E-state index in [2.05, 4.69) is 33.2 Å². The summed E-state index contributed by atoms with van der Waals surface area (Å²) in [6.07, 6.45) is 4.12. The van der Waals surface area contributed by atoms with E-state index in [0.717, 1.165) is 0 Å². The molecule has 0 bridgehead atoms. The van der Waals surface area contributed by atoms with Crippen molar-refractivity contribution in [3.63, 3.8) is 0 Å². The largest absolute Gasteiger partial charge is 0.480 e. The van der Waals surface area contributed by atoms with Crippen LogP contribution in [-0.2, 0) is 25.6 Å². The van der Waals surface area contributed by atoms with E-state index in [0.29, 0.717) is 25.1 Å². The average molecular weight is 412 g/mol. The number of H-pyrrole nitrogens is 1. The standard InChI is InChI=1S/C16H24N6O5S/c17-5-13(23)22-3-1-2-12(22)15(25)20-10(4-9-6-18-8-19-9)14(24)21-11(7-28)16(26)27/h6,8,10-12,28H,1-5,7,17H2,(H,18,19)(H,20,25)(H,21,24)(H,26,27). The predicted molar refractivity (Wildman–Crippen MR) is 101 cm³/mol. The Hall–Kier alpha value is -2.60. The van der Waals surface area contributed by atoms with Crippen LogP contribution in [0, 0.1) is 0 Å². The molecule has 1 aromatic rings. The lowest BCUT2D eigenvalue weighted by Gasteiger charge is -2.26. The van der Waals surface area contributed by atoms with Crippen LogP contribution in [0.5, 0.6) is 0 Å². The number of nitrogens with two attached hydrogens (primary N) is 1. The summed E-state index contributed by atoms with van der Waals surface area (Å²) in [5.41, 5.74) is 5.97. The van der Waals surface area contributed by atoms with Crippen molar-refractivity contribution in [2.75, 3.05) is 18.8 Å². The van der Waals surface area contributed by atoms with Gasteiger partial charge in [-0.05, 0) is 12.8 Å². The van der Waals surface area contributed by atoms with Gasteiger partial charge in [-0.2, -0.15) is 12.6 Å².